The maximum Gasteiger partial charge on any atom is 0.206 e. The van der Waals surface area contributed by atoms with Gasteiger partial charge in [0, 0.05) is 0 Å². The molecule has 2 nitrogen and oxygen atoms in total. The highest BCUT2D eigenvalue weighted by atomic mass is 35.5. The van der Waals surface area contributed by atoms with Gasteiger partial charge in [0.1, 0.15) is 11.9 Å². The van der Waals surface area contributed by atoms with Crippen LogP contribution in [0.25, 0.3) is 0 Å². The lowest BCUT2D eigenvalue weighted by Crippen LogP contribution is -2.27. The van der Waals surface area contributed by atoms with E-state index in [4.69, 9.17) is 16.6 Å². The van der Waals surface area contributed by atoms with Crippen LogP contribution in [0.2, 0.25) is 0 Å². The van der Waals surface area contributed by atoms with E-state index in [2.05, 4.69) is 11.2 Å². The van der Waals surface area contributed by atoms with Crippen molar-refractivity contribution in [3.05, 3.63) is 23.8 Å². The van der Waals surface area contributed by atoms with Gasteiger partial charge in [-0.05, 0) is 74.3 Å². The Kier molecular flexibility index (Phi) is 7.02. The van der Waals surface area contributed by atoms with Crippen molar-refractivity contribution in [2.45, 2.75) is 64.7 Å². The van der Waals surface area contributed by atoms with Crippen molar-refractivity contribution in [2.24, 2.45) is 23.7 Å². The van der Waals surface area contributed by atoms with Gasteiger partial charge in [-0.3, -0.25) is 0 Å². The molecule has 0 atom stereocenters. The predicted octanol–water partition coefficient (Wildman–Crippen LogP) is 6.90. The molecular formula is C21H29ClF2O2. The van der Waals surface area contributed by atoms with Gasteiger partial charge in [-0.2, -0.15) is 8.78 Å². The first kappa shape index (κ1) is 19.7. The van der Waals surface area contributed by atoms with Gasteiger partial charge in [0.25, 0.3) is 0 Å². The summed E-state index contributed by atoms with van der Waals surface area (Å²) in [5.41, 5.74) is 0. The number of ether oxygens (including phenoxy) is 1. The fourth-order valence-corrected chi connectivity index (χ4v) is 4.91. The van der Waals surface area contributed by atoms with E-state index in [0.29, 0.717) is 12.5 Å². The Morgan fingerprint density at radius 2 is 1.35 bits per heavy atom. The minimum Gasteiger partial charge on any atom is -0.490 e. The second-order valence-electron chi connectivity index (χ2n) is 8.05. The molecule has 26 heavy (non-hydrogen) atoms. The summed E-state index contributed by atoms with van der Waals surface area (Å²) in [5, 5.41) is 0. The van der Waals surface area contributed by atoms with Crippen LogP contribution >= 0.6 is 11.9 Å². The average Bonchev–Trinajstić information content (AvgIpc) is 2.70. The summed E-state index contributed by atoms with van der Waals surface area (Å²) in [6.45, 7) is 2.74. The Labute approximate surface area is 160 Å². The highest BCUT2D eigenvalue weighted by Crippen LogP contribution is 2.42. The lowest BCUT2D eigenvalue weighted by atomic mass is 9.69. The summed E-state index contributed by atoms with van der Waals surface area (Å²) >= 11 is 5.10. The molecule has 0 aliphatic heterocycles. The molecule has 0 bridgehead atoms. The zero-order chi connectivity index (χ0) is 18.5. The minimum atomic E-state index is -1.11. The van der Waals surface area contributed by atoms with Gasteiger partial charge < -0.3 is 9.03 Å². The maximum absolute atomic E-state index is 13.9. The first-order valence-corrected chi connectivity index (χ1v) is 10.3. The lowest BCUT2D eigenvalue weighted by molar-refractivity contribution is 0.121. The molecule has 0 aromatic heterocycles. The van der Waals surface area contributed by atoms with Gasteiger partial charge in [-0.15, -0.1) is 0 Å². The molecule has 2 fully saturated rings. The van der Waals surface area contributed by atoms with E-state index in [1.807, 2.05) is 0 Å². The summed E-state index contributed by atoms with van der Waals surface area (Å²) in [5.74, 6) is 0.572. The largest absolute Gasteiger partial charge is 0.490 e. The van der Waals surface area contributed by atoms with Crippen molar-refractivity contribution in [2.75, 3.05) is 6.61 Å². The van der Waals surface area contributed by atoms with Crippen molar-refractivity contribution >= 4 is 11.9 Å². The number of halogens is 3. The molecule has 2 aliphatic carbocycles. The maximum atomic E-state index is 13.9. The standard InChI is InChI=1S/C21H29ClF2O2/c1-2-14-3-7-16(8-4-14)17-9-5-15(6-10-17)13-25-18-11-12-19(26-22)21(24)20(18)23/h11-12,14-17H,2-10,13H2,1H3. The van der Waals surface area contributed by atoms with E-state index in [9.17, 15) is 8.78 Å². The first-order chi connectivity index (χ1) is 12.6. The molecule has 0 amide bonds. The van der Waals surface area contributed by atoms with E-state index in [0.717, 1.165) is 30.6 Å². The predicted molar refractivity (Wildman–Crippen MR) is 99.5 cm³/mol. The molecule has 0 unspecified atom stereocenters. The van der Waals surface area contributed by atoms with Crippen LogP contribution in [0.3, 0.4) is 0 Å². The average molecular weight is 387 g/mol. The van der Waals surface area contributed by atoms with Crippen molar-refractivity contribution in [3.63, 3.8) is 0 Å². The zero-order valence-electron chi connectivity index (χ0n) is 15.5. The molecular weight excluding hydrogens is 358 g/mol. The topological polar surface area (TPSA) is 18.5 Å². The highest BCUT2D eigenvalue weighted by molar-refractivity contribution is 6.09. The summed E-state index contributed by atoms with van der Waals surface area (Å²) in [6, 6.07) is 2.65. The fourth-order valence-electron chi connectivity index (χ4n) is 4.79. The van der Waals surface area contributed by atoms with Crippen LogP contribution in [0.5, 0.6) is 11.5 Å². The Balaban J connectivity index is 1.44. The Morgan fingerprint density at radius 3 is 1.88 bits per heavy atom. The number of benzene rings is 1. The molecule has 1 aromatic rings. The van der Waals surface area contributed by atoms with Crippen LogP contribution in [0, 0.1) is 35.3 Å². The Morgan fingerprint density at radius 1 is 0.846 bits per heavy atom. The number of hydrogen-bond donors (Lipinski definition) is 0. The van der Waals surface area contributed by atoms with Crippen LogP contribution in [-0.2, 0) is 0 Å². The molecule has 0 radical (unpaired) electrons. The zero-order valence-corrected chi connectivity index (χ0v) is 16.2. The lowest BCUT2D eigenvalue weighted by Gasteiger charge is -2.37. The molecule has 5 heteroatoms. The van der Waals surface area contributed by atoms with Gasteiger partial charge in [0.05, 0.1) is 6.61 Å². The van der Waals surface area contributed by atoms with Crippen LogP contribution in [0.1, 0.15) is 64.7 Å². The third-order valence-electron chi connectivity index (χ3n) is 6.60. The molecule has 0 heterocycles. The van der Waals surface area contributed by atoms with E-state index in [1.54, 1.807) is 0 Å². The van der Waals surface area contributed by atoms with Crippen LogP contribution in [0.15, 0.2) is 12.1 Å². The summed E-state index contributed by atoms with van der Waals surface area (Å²) < 4.78 is 37.4. The van der Waals surface area contributed by atoms with Crippen LogP contribution in [-0.4, -0.2) is 6.61 Å². The molecule has 3 rings (SSSR count). The molecule has 146 valence electrons. The summed E-state index contributed by atoms with van der Waals surface area (Å²) in [4.78, 5) is 0. The van der Waals surface area contributed by atoms with Crippen molar-refractivity contribution in [3.8, 4) is 11.5 Å². The van der Waals surface area contributed by atoms with Crippen molar-refractivity contribution in [1.82, 2.24) is 0 Å². The second kappa shape index (κ2) is 9.25. The van der Waals surface area contributed by atoms with Crippen molar-refractivity contribution < 1.29 is 17.8 Å². The van der Waals surface area contributed by atoms with E-state index >= 15 is 0 Å². The minimum absolute atomic E-state index is 0.0695. The second-order valence-corrected chi connectivity index (χ2v) is 8.20. The monoisotopic (exact) mass is 386 g/mol. The van der Waals surface area contributed by atoms with E-state index < -0.39 is 11.6 Å². The molecule has 2 aliphatic rings. The Hall–Kier alpha value is -1.03. The van der Waals surface area contributed by atoms with Gasteiger partial charge in [0.15, 0.2) is 11.5 Å². The van der Waals surface area contributed by atoms with Gasteiger partial charge >= 0.3 is 0 Å². The smallest absolute Gasteiger partial charge is 0.206 e. The third-order valence-corrected chi connectivity index (χ3v) is 6.76. The van der Waals surface area contributed by atoms with Gasteiger partial charge in [-0.25, -0.2) is 0 Å². The van der Waals surface area contributed by atoms with Gasteiger partial charge in [-0.1, -0.05) is 26.2 Å². The molecule has 2 saturated carbocycles. The fraction of sp³-hybridized carbons (Fsp3) is 0.714. The molecule has 0 spiro atoms. The molecule has 1 aromatic carbocycles. The quantitative estimate of drug-likeness (QED) is 0.529. The Bertz CT molecular complexity index is 580. The van der Waals surface area contributed by atoms with Crippen LogP contribution in [0.4, 0.5) is 8.78 Å². The van der Waals surface area contributed by atoms with Crippen molar-refractivity contribution in [1.29, 1.82) is 0 Å². The highest BCUT2D eigenvalue weighted by Gasteiger charge is 2.30. The van der Waals surface area contributed by atoms with E-state index in [1.165, 1.54) is 57.1 Å². The normalized spacial score (nSPS) is 29.4. The summed E-state index contributed by atoms with van der Waals surface area (Å²) in [7, 11) is 0. The van der Waals surface area contributed by atoms with Gasteiger partial charge in [0.2, 0.25) is 11.6 Å². The third kappa shape index (κ3) is 4.62. The number of rotatable bonds is 6. The van der Waals surface area contributed by atoms with E-state index in [-0.39, 0.29) is 11.5 Å². The summed E-state index contributed by atoms with van der Waals surface area (Å²) in [6.07, 6.45) is 11.6. The van der Waals surface area contributed by atoms with Crippen LogP contribution < -0.4 is 9.03 Å². The molecule has 0 saturated heterocycles. The molecule has 0 N–H and O–H groups in total. The SMILES string of the molecule is CCC1CCC(C2CCC(COc3ccc(OCl)c(F)c3F)CC2)CC1. The number of hydrogen-bond acceptors (Lipinski definition) is 2. The first-order valence-electron chi connectivity index (χ1n) is 10.0.